The van der Waals surface area contributed by atoms with Crippen molar-refractivity contribution >= 4 is 16.9 Å². The molecule has 1 saturated heterocycles. The van der Waals surface area contributed by atoms with Gasteiger partial charge < -0.3 is 10.0 Å². The number of thioether (sulfide) groups is 1. The highest BCUT2D eigenvalue weighted by atomic mass is 32.2. The maximum Gasteiger partial charge on any atom is 0.230 e. The van der Waals surface area contributed by atoms with Crippen molar-refractivity contribution in [1.29, 1.82) is 0 Å². The van der Waals surface area contributed by atoms with Crippen molar-refractivity contribution in [3.05, 3.63) is 71.8 Å². The predicted octanol–water partition coefficient (Wildman–Crippen LogP) is 3.67. The Morgan fingerprint density at radius 2 is 1.68 bits per heavy atom. The van der Waals surface area contributed by atoms with Crippen molar-refractivity contribution in [2.45, 2.75) is 30.6 Å². The molecule has 3 nitrogen and oxygen atoms in total. The minimum absolute atomic E-state index is 0.187. The second-order valence-electron chi connectivity index (χ2n) is 6.51. The van der Waals surface area contributed by atoms with Crippen LogP contribution in [0.1, 0.15) is 30.9 Å². The predicted molar refractivity (Wildman–Crippen MR) is 104 cm³/mol. The van der Waals surface area contributed by atoms with Gasteiger partial charge in [0.25, 0.3) is 0 Å². The summed E-state index contributed by atoms with van der Waals surface area (Å²) in [5.41, 5.74) is -0.356. The van der Waals surface area contributed by atoms with Gasteiger partial charge in [-0.25, -0.2) is 0 Å². The first-order valence-corrected chi connectivity index (χ1v) is 9.79. The maximum atomic E-state index is 13.2. The Morgan fingerprint density at radius 3 is 2.20 bits per heavy atom. The highest BCUT2D eigenvalue weighted by molar-refractivity contribution is 8.14. The molecule has 132 valence electrons. The van der Waals surface area contributed by atoms with Crippen molar-refractivity contribution in [2.24, 2.45) is 0 Å². The van der Waals surface area contributed by atoms with Gasteiger partial charge in [-0.3, -0.25) is 4.79 Å². The lowest BCUT2D eigenvalue weighted by atomic mass is 9.87. The van der Waals surface area contributed by atoms with Crippen LogP contribution >= 0.6 is 11.8 Å². The molecule has 1 fully saturated rings. The van der Waals surface area contributed by atoms with Crippen molar-refractivity contribution in [3.8, 4) is 0 Å². The van der Waals surface area contributed by atoms with Crippen LogP contribution < -0.4 is 0 Å². The molecule has 2 aromatic rings. The van der Waals surface area contributed by atoms with E-state index in [2.05, 4.69) is 11.8 Å². The van der Waals surface area contributed by atoms with E-state index in [0.29, 0.717) is 11.1 Å². The van der Waals surface area contributed by atoms with E-state index in [9.17, 15) is 9.90 Å². The normalized spacial score (nSPS) is 18.9. The largest absolute Gasteiger partial charge is 0.372 e. The summed E-state index contributed by atoms with van der Waals surface area (Å²) < 4.78 is 0. The molecule has 2 aromatic carbocycles. The molecule has 3 rings (SSSR count). The van der Waals surface area contributed by atoms with E-state index in [1.807, 2.05) is 60.7 Å². The summed E-state index contributed by atoms with van der Waals surface area (Å²) in [6.45, 7) is 5.17. The van der Waals surface area contributed by atoms with Gasteiger partial charge in [0.05, 0.1) is 0 Å². The van der Waals surface area contributed by atoms with E-state index >= 15 is 0 Å². The SMILES string of the molecule is CCN1CCCC(SC(=O)C(O)(c2ccccc2)c2ccccc2)C1. The number of carbonyl (C=O) groups excluding carboxylic acids is 1. The molecule has 0 aromatic heterocycles. The van der Waals surface area contributed by atoms with Crippen LogP contribution in [-0.4, -0.2) is 40.0 Å². The van der Waals surface area contributed by atoms with Crippen LogP contribution in [0, 0.1) is 0 Å². The van der Waals surface area contributed by atoms with Crippen molar-refractivity contribution in [3.63, 3.8) is 0 Å². The molecule has 1 unspecified atom stereocenters. The number of aliphatic hydroxyl groups is 1. The Morgan fingerprint density at radius 1 is 1.12 bits per heavy atom. The molecule has 0 spiro atoms. The Labute approximate surface area is 154 Å². The highest BCUT2D eigenvalue weighted by Crippen LogP contribution is 2.37. The number of hydrogen-bond acceptors (Lipinski definition) is 4. The smallest absolute Gasteiger partial charge is 0.230 e. The van der Waals surface area contributed by atoms with Crippen molar-refractivity contribution < 1.29 is 9.90 Å². The highest BCUT2D eigenvalue weighted by Gasteiger charge is 2.41. The molecule has 0 bridgehead atoms. The van der Waals surface area contributed by atoms with E-state index < -0.39 is 5.60 Å². The number of hydrogen-bond donors (Lipinski definition) is 1. The summed E-state index contributed by atoms with van der Waals surface area (Å²) in [5, 5.41) is 11.5. The third-order valence-corrected chi connectivity index (χ3v) is 6.09. The Hall–Kier alpha value is -1.62. The molecule has 0 saturated carbocycles. The number of benzene rings is 2. The average molecular weight is 356 g/mol. The molecule has 0 amide bonds. The zero-order valence-electron chi connectivity index (χ0n) is 14.6. The van der Waals surface area contributed by atoms with Crippen molar-refractivity contribution in [1.82, 2.24) is 4.90 Å². The minimum atomic E-state index is -1.61. The second kappa shape index (κ2) is 8.17. The van der Waals surface area contributed by atoms with Crippen molar-refractivity contribution in [2.75, 3.05) is 19.6 Å². The molecule has 1 N–H and O–H groups in total. The third kappa shape index (κ3) is 3.97. The molecule has 25 heavy (non-hydrogen) atoms. The topological polar surface area (TPSA) is 40.5 Å². The maximum absolute atomic E-state index is 13.2. The van der Waals surface area contributed by atoms with E-state index in [1.54, 1.807) is 0 Å². The van der Waals surface area contributed by atoms with Gasteiger partial charge in [-0.2, -0.15) is 0 Å². The molecular formula is C21H25NO2S. The molecular weight excluding hydrogens is 330 g/mol. The Bertz CT molecular complexity index is 650. The second-order valence-corrected chi connectivity index (χ2v) is 7.78. The molecule has 0 aliphatic carbocycles. The first kappa shape index (κ1) is 18.2. The standard InChI is InChI=1S/C21H25NO2S/c1-2-22-15-9-14-19(16-22)25-20(23)21(24,17-10-5-3-6-11-17)18-12-7-4-8-13-18/h3-8,10-13,19,24H,2,9,14-16H2,1H3. The molecule has 1 atom stereocenters. The van der Waals surface area contributed by atoms with Crippen LogP contribution in [0.15, 0.2) is 60.7 Å². The third-order valence-electron chi connectivity index (χ3n) is 4.86. The monoisotopic (exact) mass is 355 g/mol. The number of carbonyl (C=O) groups is 1. The molecule has 1 aliphatic heterocycles. The quantitative estimate of drug-likeness (QED) is 0.888. The van der Waals surface area contributed by atoms with Gasteiger partial charge in [0, 0.05) is 11.8 Å². The average Bonchev–Trinajstić information content (AvgIpc) is 2.68. The Kier molecular flexibility index (Phi) is 5.94. The van der Waals surface area contributed by atoms with Gasteiger partial charge in [0.2, 0.25) is 5.12 Å². The first-order valence-electron chi connectivity index (χ1n) is 8.91. The van der Waals surface area contributed by atoms with Crippen LogP contribution in [-0.2, 0) is 10.4 Å². The molecule has 0 radical (unpaired) electrons. The fraction of sp³-hybridized carbons (Fsp3) is 0.381. The zero-order valence-corrected chi connectivity index (χ0v) is 15.4. The summed E-state index contributed by atoms with van der Waals surface area (Å²) in [6, 6.07) is 18.5. The molecule has 1 heterocycles. The van der Waals surface area contributed by atoms with Gasteiger partial charge in [-0.05, 0) is 37.1 Å². The van der Waals surface area contributed by atoms with E-state index in [-0.39, 0.29) is 10.4 Å². The lowest BCUT2D eigenvalue weighted by Gasteiger charge is -2.33. The van der Waals surface area contributed by atoms with Gasteiger partial charge >= 0.3 is 0 Å². The van der Waals surface area contributed by atoms with Gasteiger partial charge in [0.1, 0.15) is 0 Å². The molecule has 4 heteroatoms. The number of nitrogens with zero attached hydrogens (tertiary/aromatic N) is 1. The summed E-state index contributed by atoms with van der Waals surface area (Å²) in [5.74, 6) is 0. The van der Waals surface area contributed by atoms with Gasteiger partial charge in [0.15, 0.2) is 5.60 Å². The van der Waals surface area contributed by atoms with Crippen LogP contribution in [0.3, 0.4) is 0 Å². The molecule has 1 aliphatic rings. The summed E-state index contributed by atoms with van der Waals surface area (Å²) in [7, 11) is 0. The first-order chi connectivity index (χ1) is 12.1. The summed E-state index contributed by atoms with van der Waals surface area (Å²) >= 11 is 1.31. The summed E-state index contributed by atoms with van der Waals surface area (Å²) in [4.78, 5) is 15.6. The fourth-order valence-corrected chi connectivity index (χ4v) is 4.67. The van der Waals surface area contributed by atoms with Crippen LogP contribution in [0.5, 0.6) is 0 Å². The zero-order chi connectivity index (χ0) is 17.7. The number of piperidine rings is 1. The lowest BCUT2D eigenvalue weighted by molar-refractivity contribution is -0.124. The Balaban J connectivity index is 1.88. The van der Waals surface area contributed by atoms with E-state index in [0.717, 1.165) is 32.5 Å². The summed E-state index contributed by atoms with van der Waals surface area (Å²) in [6.07, 6.45) is 2.13. The fourth-order valence-electron chi connectivity index (χ4n) is 3.39. The van der Waals surface area contributed by atoms with E-state index in [4.69, 9.17) is 0 Å². The number of likely N-dealkylation sites (tertiary alicyclic amines) is 1. The van der Waals surface area contributed by atoms with E-state index in [1.165, 1.54) is 11.8 Å². The minimum Gasteiger partial charge on any atom is -0.372 e. The van der Waals surface area contributed by atoms with Crippen LogP contribution in [0.2, 0.25) is 0 Å². The van der Waals surface area contributed by atoms with Crippen LogP contribution in [0.4, 0.5) is 0 Å². The lowest BCUT2D eigenvalue weighted by Crippen LogP contribution is -2.40. The number of rotatable bonds is 5. The van der Waals surface area contributed by atoms with Crippen LogP contribution in [0.25, 0.3) is 0 Å². The van der Waals surface area contributed by atoms with Gasteiger partial charge in [-0.15, -0.1) is 0 Å². The van der Waals surface area contributed by atoms with Gasteiger partial charge in [-0.1, -0.05) is 79.3 Å².